The number of carbonyl (C=O) groups is 1. The molecule has 0 saturated heterocycles. The van der Waals surface area contributed by atoms with E-state index >= 15 is 0 Å². The molecule has 0 aliphatic rings. The van der Waals surface area contributed by atoms with Crippen LogP contribution in [0.15, 0.2) is 40.9 Å². The van der Waals surface area contributed by atoms with E-state index in [1.54, 1.807) is 18.2 Å². The van der Waals surface area contributed by atoms with Crippen molar-refractivity contribution in [2.75, 3.05) is 6.61 Å². The van der Waals surface area contributed by atoms with Gasteiger partial charge >= 0.3 is 0 Å². The topological polar surface area (TPSA) is 26.3 Å². The van der Waals surface area contributed by atoms with Gasteiger partial charge in [-0.3, -0.25) is 4.79 Å². The number of ether oxygens (including phenoxy) is 1. The highest BCUT2D eigenvalue weighted by molar-refractivity contribution is 9.10. The second-order valence-electron chi connectivity index (χ2n) is 4.61. The van der Waals surface area contributed by atoms with E-state index < -0.39 is 0 Å². The molecule has 0 amide bonds. The first-order valence-electron chi connectivity index (χ1n) is 6.15. The molecular weight excluding hydrogens is 340 g/mol. The number of rotatable bonds is 4. The van der Waals surface area contributed by atoms with Crippen molar-refractivity contribution < 1.29 is 9.53 Å². The fourth-order valence-electron chi connectivity index (χ4n) is 1.83. The molecule has 2 nitrogen and oxygen atoms in total. The Balaban J connectivity index is 2.09. The minimum atomic E-state index is -0.0663. The molecule has 2 aromatic rings. The Morgan fingerprint density at radius 1 is 1.20 bits per heavy atom. The molecule has 20 heavy (non-hydrogen) atoms. The van der Waals surface area contributed by atoms with Gasteiger partial charge in [-0.25, -0.2) is 0 Å². The average molecular weight is 354 g/mol. The first-order chi connectivity index (χ1) is 9.47. The van der Waals surface area contributed by atoms with Gasteiger partial charge < -0.3 is 4.74 Å². The highest BCUT2D eigenvalue weighted by atomic mass is 79.9. The van der Waals surface area contributed by atoms with Gasteiger partial charge in [0, 0.05) is 10.0 Å². The van der Waals surface area contributed by atoms with E-state index in [4.69, 9.17) is 16.3 Å². The van der Waals surface area contributed by atoms with Crippen molar-refractivity contribution in [1.82, 2.24) is 0 Å². The Hall–Kier alpha value is -1.32. The van der Waals surface area contributed by atoms with Crippen molar-refractivity contribution in [2.24, 2.45) is 0 Å². The predicted octanol–water partition coefficient (Wildman–Crippen LogP) is 4.98. The van der Waals surface area contributed by atoms with Gasteiger partial charge in [0.1, 0.15) is 5.75 Å². The van der Waals surface area contributed by atoms with Crippen LogP contribution in [0.3, 0.4) is 0 Å². The maximum Gasteiger partial charge on any atom is 0.200 e. The van der Waals surface area contributed by atoms with Crippen LogP contribution in [0.4, 0.5) is 0 Å². The van der Waals surface area contributed by atoms with E-state index in [1.807, 2.05) is 32.0 Å². The van der Waals surface area contributed by atoms with Gasteiger partial charge in [-0.05, 0) is 31.5 Å². The van der Waals surface area contributed by atoms with Crippen LogP contribution in [0.25, 0.3) is 0 Å². The quantitative estimate of drug-likeness (QED) is 0.725. The summed E-state index contributed by atoms with van der Waals surface area (Å²) in [5, 5.41) is 0.494. The molecule has 2 rings (SSSR count). The van der Waals surface area contributed by atoms with Gasteiger partial charge in [0.15, 0.2) is 12.4 Å². The van der Waals surface area contributed by atoms with Crippen LogP contribution in [0.5, 0.6) is 5.75 Å². The summed E-state index contributed by atoms with van der Waals surface area (Å²) in [7, 11) is 0. The molecule has 0 aliphatic carbocycles. The molecule has 0 fully saturated rings. The highest BCUT2D eigenvalue weighted by Crippen LogP contribution is 2.32. The predicted molar refractivity (Wildman–Crippen MR) is 84.9 cm³/mol. The van der Waals surface area contributed by atoms with E-state index in [1.165, 1.54) is 0 Å². The summed E-state index contributed by atoms with van der Waals surface area (Å²) in [4.78, 5) is 12.0. The third-order valence-electron chi connectivity index (χ3n) is 2.92. The lowest BCUT2D eigenvalue weighted by atomic mass is 10.1. The van der Waals surface area contributed by atoms with Gasteiger partial charge in [0.05, 0.1) is 5.02 Å². The zero-order valence-electron chi connectivity index (χ0n) is 11.2. The molecule has 0 aliphatic heterocycles. The molecule has 0 saturated carbocycles. The van der Waals surface area contributed by atoms with Crippen LogP contribution < -0.4 is 4.74 Å². The van der Waals surface area contributed by atoms with Crippen LogP contribution in [-0.4, -0.2) is 12.4 Å². The Kier molecular flexibility index (Phi) is 4.84. The molecule has 0 bridgehead atoms. The molecule has 2 aromatic carbocycles. The fourth-order valence-corrected chi connectivity index (χ4v) is 2.86. The Morgan fingerprint density at radius 3 is 2.45 bits per heavy atom. The zero-order chi connectivity index (χ0) is 14.7. The number of hydrogen-bond donors (Lipinski definition) is 0. The lowest BCUT2D eigenvalue weighted by Crippen LogP contribution is -2.12. The first-order valence-corrected chi connectivity index (χ1v) is 7.33. The maximum absolute atomic E-state index is 12.0. The normalized spacial score (nSPS) is 10.4. The van der Waals surface area contributed by atoms with Crippen LogP contribution in [0, 0.1) is 13.8 Å². The van der Waals surface area contributed by atoms with Crippen molar-refractivity contribution in [2.45, 2.75) is 13.8 Å². The number of halogens is 2. The smallest absolute Gasteiger partial charge is 0.200 e. The molecular formula is C16H14BrClO2. The van der Waals surface area contributed by atoms with Crippen molar-refractivity contribution >= 4 is 33.3 Å². The summed E-state index contributed by atoms with van der Waals surface area (Å²) in [5.41, 5.74) is 2.65. The number of hydrogen-bond acceptors (Lipinski definition) is 2. The van der Waals surface area contributed by atoms with Crippen LogP contribution in [0.1, 0.15) is 21.5 Å². The Labute approximate surface area is 131 Å². The molecule has 104 valence electrons. The molecule has 0 atom stereocenters. The molecule has 0 unspecified atom stereocenters. The summed E-state index contributed by atoms with van der Waals surface area (Å²) < 4.78 is 6.45. The lowest BCUT2D eigenvalue weighted by molar-refractivity contribution is 0.0921. The molecule has 0 N–H and O–H groups in total. The third-order valence-corrected chi connectivity index (χ3v) is 3.65. The molecule has 0 heterocycles. The van der Waals surface area contributed by atoms with E-state index in [2.05, 4.69) is 15.9 Å². The summed E-state index contributed by atoms with van der Waals surface area (Å²) in [5.74, 6) is 0.485. The van der Waals surface area contributed by atoms with E-state index in [9.17, 15) is 4.79 Å². The zero-order valence-corrected chi connectivity index (χ0v) is 13.6. The summed E-state index contributed by atoms with van der Waals surface area (Å²) >= 11 is 9.48. The maximum atomic E-state index is 12.0. The number of carbonyl (C=O) groups excluding carboxylic acids is 1. The SMILES string of the molecule is Cc1ccc(C(=O)COc2c(C)cc(Br)cc2Cl)cc1. The van der Waals surface area contributed by atoms with Crippen molar-refractivity contribution in [1.29, 1.82) is 0 Å². The van der Waals surface area contributed by atoms with Gasteiger partial charge in [-0.15, -0.1) is 0 Å². The van der Waals surface area contributed by atoms with Crippen LogP contribution in [0.2, 0.25) is 5.02 Å². The third kappa shape index (κ3) is 3.62. The number of Topliss-reactive ketones (excluding diaryl/α,β-unsaturated/α-hetero) is 1. The van der Waals surface area contributed by atoms with E-state index in [0.717, 1.165) is 15.6 Å². The van der Waals surface area contributed by atoms with Gasteiger partial charge in [0.25, 0.3) is 0 Å². The monoisotopic (exact) mass is 352 g/mol. The van der Waals surface area contributed by atoms with E-state index in [-0.39, 0.29) is 12.4 Å². The summed E-state index contributed by atoms with van der Waals surface area (Å²) in [6.07, 6.45) is 0. The highest BCUT2D eigenvalue weighted by Gasteiger charge is 2.11. The summed E-state index contributed by atoms with van der Waals surface area (Å²) in [6, 6.07) is 11.1. The number of aryl methyl sites for hydroxylation is 2. The molecule has 4 heteroatoms. The van der Waals surface area contributed by atoms with Crippen LogP contribution >= 0.6 is 27.5 Å². The lowest BCUT2D eigenvalue weighted by Gasteiger charge is -2.11. The van der Waals surface area contributed by atoms with Crippen molar-refractivity contribution in [3.63, 3.8) is 0 Å². The Bertz CT molecular complexity index is 612. The Morgan fingerprint density at radius 2 is 1.85 bits per heavy atom. The minimum Gasteiger partial charge on any atom is -0.484 e. The second-order valence-corrected chi connectivity index (χ2v) is 5.93. The van der Waals surface area contributed by atoms with Gasteiger partial charge in [-0.2, -0.15) is 0 Å². The van der Waals surface area contributed by atoms with Gasteiger partial charge in [-0.1, -0.05) is 57.4 Å². The van der Waals surface area contributed by atoms with E-state index in [0.29, 0.717) is 16.3 Å². The van der Waals surface area contributed by atoms with Crippen molar-refractivity contribution in [3.8, 4) is 5.75 Å². The number of benzene rings is 2. The largest absolute Gasteiger partial charge is 0.484 e. The van der Waals surface area contributed by atoms with Crippen molar-refractivity contribution in [3.05, 3.63) is 62.6 Å². The van der Waals surface area contributed by atoms with Crippen LogP contribution in [-0.2, 0) is 0 Å². The molecule has 0 spiro atoms. The minimum absolute atomic E-state index is 0.0226. The standard InChI is InChI=1S/C16H14BrClO2/c1-10-3-5-12(6-4-10)15(19)9-20-16-11(2)7-13(17)8-14(16)18/h3-8H,9H2,1-2H3. The average Bonchev–Trinajstić information content (AvgIpc) is 2.38. The summed E-state index contributed by atoms with van der Waals surface area (Å²) in [6.45, 7) is 3.85. The fraction of sp³-hybridized carbons (Fsp3) is 0.188. The number of ketones is 1. The molecule has 0 radical (unpaired) electrons. The van der Waals surface area contributed by atoms with Gasteiger partial charge in [0.2, 0.25) is 0 Å². The molecule has 0 aromatic heterocycles. The first kappa shape index (κ1) is 15.1. The second kappa shape index (κ2) is 6.42.